The highest BCUT2D eigenvalue weighted by molar-refractivity contribution is 7.20. The van der Waals surface area contributed by atoms with Gasteiger partial charge < -0.3 is 5.73 Å². The second-order valence-electron chi connectivity index (χ2n) is 6.13. The van der Waals surface area contributed by atoms with Gasteiger partial charge in [-0.25, -0.2) is 0 Å². The van der Waals surface area contributed by atoms with Gasteiger partial charge in [-0.2, -0.15) is 13.2 Å². The van der Waals surface area contributed by atoms with E-state index in [-0.39, 0.29) is 9.88 Å². The van der Waals surface area contributed by atoms with Gasteiger partial charge in [0.25, 0.3) is 0 Å². The van der Waals surface area contributed by atoms with Crippen molar-refractivity contribution in [2.75, 3.05) is 5.73 Å². The molecular weight excluding hydrogens is 347 g/mol. The van der Waals surface area contributed by atoms with Crippen molar-refractivity contribution in [2.24, 2.45) is 5.41 Å². The number of carbonyl (C=O) groups is 1. The summed E-state index contributed by atoms with van der Waals surface area (Å²) in [6.45, 7) is 4.69. The first kappa shape index (κ1) is 17.8. The molecule has 0 spiro atoms. The molecule has 7 heteroatoms. The zero-order valence-corrected chi connectivity index (χ0v) is 14.3. The van der Waals surface area contributed by atoms with E-state index in [0.29, 0.717) is 10.6 Å². The molecule has 0 fully saturated rings. The maximum absolute atomic E-state index is 13.6. The predicted molar refractivity (Wildman–Crippen MR) is 88.0 cm³/mol. The number of alkyl halides is 3. The molecule has 1 aromatic carbocycles. The van der Waals surface area contributed by atoms with E-state index in [9.17, 15) is 18.0 Å². The van der Waals surface area contributed by atoms with Crippen LogP contribution in [0.15, 0.2) is 24.3 Å². The summed E-state index contributed by atoms with van der Waals surface area (Å²) in [7, 11) is 0. The number of rotatable bonds is 2. The van der Waals surface area contributed by atoms with Crippen molar-refractivity contribution in [2.45, 2.75) is 26.9 Å². The van der Waals surface area contributed by atoms with E-state index in [4.69, 9.17) is 17.3 Å². The fourth-order valence-electron chi connectivity index (χ4n) is 2.12. The molecule has 0 radical (unpaired) electrons. The van der Waals surface area contributed by atoms with Crippen molar-refractivity contribution < 1.29 is 18.0 Å². The highest BCUT2D eigenvalue weighted by Gasteiger charge is 2.43. The van der Waals surface area contributed by atoms with Crippen molar-refractivity contribution in [1.82, 2.24) is 0 Å². The number of anilines is 1. The molecule has 2 N–H and O–H groups in total. The van der Waals surface area contributed by atoms with Crippen molar-refractivity contribution in [3.63, 3.8) is 0 Å². The van der Waals surface area contributed by atoms with Gasteiger partial charge in [-0.15, -0.1) is 11.3 Å². The van der Waals surface area contributed by atoms with E-state index in [1.54, 1.807) is 20.8 Å². The number of hydrogen-bond acceptors (Lipinski definition) is 3. The van der Waals surface area contributed by atoms with Crippen LogP contribution in [0.25, 0.3) is 10.4 Å². The average molecular weight is 362 g/mol. The minimum absolute atomic E-state index is 0.0701. The third kappa shape index (κ3) is 3.53. The molecular formula is C16H15ClF3NOS. The first-order valence-corrected chi connectivity index (χ1v) is 7.92. The molecule has 0 saturated heterocycles. The number of thiophene rings is 1. The van der Waals surface area contributed by atoms with Crippen molar-refractivity contribution in [3.05, 3.63) is 40.4 Å². The molecule has 124 valence electrons. The number of benzene rings is 1. The monoisotopic (exact) mass is 361 g/mol. The minimum Gasteiger partial charge on any atom is -0.390 e. The second-order valence-corrected chi connectivity index (χ2v) is 7.62. The van der Waals surface area contributed by atoms with Gasteiger partial charge in [0, 0.05) is 15.3 Å². The Balaban J connectivity index is 2.75. The smallest absolute Gasteiger partial charge is 0.390 e. The quantitative estimate of drug-likeness (QED) is 0.677. The molecule has 0 saturated carbocycles. The fraction of sp³-hybridized carbons (Fsp3) is 0.312. The lowest BCUT2D eigenvalue weighted by Gasteiger charge is -2.19. The fourth-order valence-corrected chi connectivity index (χ4v) is 3.34. The van der Waals surface area contributed by atoms with Gasteiger partial charge in [-0.1, -0.05) is 44.5 Å². The highest BCUT2D eigenvalue weighted by atomic mass is 35.5. The van der Waals surface area contributed by atoms with Gasteiger partial charge in [0.2, 0.25) is 0 Å². The molecule has 0 aliphatic rings. The Hall–Kier alpha value is -1.53. The highest BCUT2D eigenvalue weighted by Crippen LogP contribution is 2.48. The Morgan fingerprint density at radius 1 is 1.13 bits per heavy atom. The predicted octanol–water partition coefficient (Wildman–Crippen LogP) is 5.90. The largest absolute Gasteiger partial charge is 0.418 e. The van der Waals surface area contributed by atoms with Gasteiger partial charge in [-0.05, 0) is 17.7 Å². The standard InChI is InChI=1S/C16H15ClF3NOS/c1-15(2,3)13(22)10-11(16(18,19)20)12(23-14(10)21)8-4-6-9(17)7-5-8/h4-7H,21H2,1-3H3. The summed E-state index contributed by atoms with van der Waals surface area (Å²) in [5.74, 6) is -0.626. The zero-order valence-electron chi connectivity index (χ0n) is 12.7. The van der Waals surface area contributed by atoms with E-state index >= 15 is 0 Å². The Kier molecular flexibility index (Phi) is 4.52. The normalized spacial score (nSPS) is 12.5. The summed E-state index contributed by atoms with van der Waals surface area (Å²) in [6.07, 6.45) is -4.68. The number of nitrogen functional groups attached to an aromatic ring is 1. The summed E-state index contributed by atoms with van der Waals surface area (Å²) in [5.41, 5.74) is 3.72. The first-order chi connectivity index (χ1) is 10.4. The number of ketones is 1. The lowest BCUT2D eigenvalue weighted by Crippen LogP contribution is -2.24. The van der Waals surface area contributed by atoms with E-state index in [1.165, 1.54) is 24.3 Å². The summed E-state index contributed by atoms with van der Waals surface area (Å²) < 4.78 is 40.8. The summed E-state index contributed by atoms with van der Waals surface area (Å²) >= 11 is 6.54. The van der Waals surface area contributed by atoms with E-state index in [0.717, 1.165) is 11.3 Å². The lowest BCUT2D eigenvalue weighted by molar-refractivity contribution is -0.137. The van der Waals surface area contributed by atoms with Crippen LogP contribution in [0.2, 0.25) is 5.02 Å². The molecule has 0 bridgehead atoms. The van der Waals surface area contributed by atoms with Crippen LogP contribution in [0.4, 0.5) is 18.2 Å². The first-order valence-electron chi connectivity index (χ1n) is 6.73. The van der Waals surface area contributed by atoms with Crippen LogP contribution in [0.3, 0.4) is 0 Å². The molecule has 1 heterocycles. The molecule has 0 atom stereocenters. The topological polar surface area (TPSA) is 43.1 Å². The van der Waals surface area contributed by atoms with Crippen molar-refractivity contribution in [3.8, 4) is 10.4 Å². The molecule has 2 rings (SSSR count). The molecule has 0 aliphatic heterocycles. The molecule has 0 amide bonds. The van der Waals surface area contributed by atoms with Gasteiger partial charge >= 0.3 is 6.18 Å². The van der Waals surface area contributed by atoms with Gasteiger partial charge in [-0.3, -0.25) is 4.79 Å². The van der Waals surface area contributed by atoms with Crippen LogP contribution in [-0.2, 0) is 6.18 Å². The zero-order chi connectivity index (χ0) is 17.6. The van der Waals surface area contributed by atoms with Crippen molar-refractivity contribution >= 4 is 33.7 Å². The van der Waals surface area contributed by atoms with Crippen LogP contribution < -0.4 is 5.73 Å². The third-order valence-corrected chi connectivity index (χ3v) is 4.55. The number of halogens is 4. The maximum Gasteiger partial charge on any atom is 0.418 e. The summed E-state index contributed by atoms with van der Waals surface area (Å²) in [5, 5.41) is 0.292. The van der Waals surface area contributed by atoms with Crippen LogP contribution in [0.1, 0.15) is 36.7 Å². The van der Waals surface area contributed by atoms with E-state index in [2.05, 4.69) is 0 Å². The summed E-state index contributed by atoms with van der Waals surface area (Å²) in [4.78, 5) is 12.4. The number of carbonyl (C=O) groups excluding carboxylic acids is 1. The molecule has 2 nitrogen and oxygen atoms in total. The Labute approximate surface area is 141 Å². The van der Waals surface area contributed by atoms with Crippen LogP contribution >= 0.6 is 22.9 Å². The van der Waals surface area contributed by atoms with Gasteiger partial charge in [0.15, 0.2) is 5.78 Å². The van der Waals surface area contributed by atoms with E-state index in [1.807, 2.05) is 0 Å². The second kappa shape index (κ2) is 5.83. The summed E-state index contributed by atoms with van der Waals surface area (Å²) in [6, 6.07) is 5.96. The van der Waals surface area contributed by atoms with Gasteiger partial charge in [0.05, 0.1) is 16.1 Å². The number of Topliss-reactive ketones (excluding diaryl/α,β-unsaturated/α-hetero) is 1. The van der Waals surface area contributed by atoms with Crippen LogP contribution in [-0.4, -0.2) is 5.78 Å². The SMILES string of the molecule is CC(C)(C)C(=O)c1c(N)sc(-c2ccc(Cl)cc2)c1C(F)(F)F. The van der Waals surface area contributed by atoms with Gasteiger partial charge in [0.1, 0.15) is 0 Å². The minimum atomic E-state index is -4.68. The van der Waals surface area contributed by atoms with Crippen LogP contribution in [0, 0.1) is 5.41 Å². The molecule has 2 aromatic rings. The molecule has 0 aliphatic carbocycles. The molecule has 1 aromatic heterocycles. The molecule has 0 unspecified atom stereocenters. The maximum atomic E-state index is 13.6. The Morgan fingerprint density at radius 2 is 1.65 bits per heavy atom. The number of nitrogens with two attached hydrogens (primary N) is 1. The lowest BCUT2D eigenvalue weighted by atomic mass is 9.85. The third-order valence-electron chi connectivity index (χ3n) is 3.23. The Bertz CT molecular complexity index is 742. The average Bonchev–Trinajstić information content (AvgIpc) is 2.75. The van der Waals surface area contributed by atoms with Crippen molar-refractivity contribution in [1.29, 1.82) is 0 Å². The number of hydrogen-bond donors (Lipinski definition) is 1. The molecule has 23 heavy (non-hydrogen) atoms. The van der Waals surface area contributed by atoms with E-state index < -0.39 is 28.5 Å². The Morgan fingerprint density at radius 3 is 2.09 bits per heavy atom. The van der Waals surface area contributed by atoms with Crippen LogP contribution in [0.5, 0.6) is 0 Å².